The predicted molar refractivity (Wildman–Crippen MR) is 106 cm³/mol. The lowest BCUT2D eigenvalue weighted by molar-refractivity contribution is -2.00. The van der Waals surface area contributed by atoms with Gasteiger partial charge in [-0.2, -0.15) is 4.57 Å². The molecular weight excluding hydrogens is 444 g/mol. The summed E-state index contributed by atoms with van der Waals surface area (Å²) in [4.78, 5) is 3.48. The highest BCUT2D eigenvalue weighted by atomic mass is 35.7. The Balaban J connectivity index is 0.000000491. The Kier molecular flexibility index (Phi) is 7.52. The summed E-state index contributed by atoms with van der Waals surface area (Å²) in [6, 6.07) is 18.6. The fraction of sp³-hybridized carbons (Fsp3) is 0.190. The van der Waals surface area contributed by atoms with Crippen molar-refractivity contribution in [3.05, 3.63) is 71.4 Å². The first kappa shape index (κ1) is 23.5. The van der Waals surface area contributed by atoms with Gasteiger partial charge >= 0.3 is 0 Å². The van der Waals surface area contributed by atoms with Crippen LogP contribution in [0.4, 0.5) is 5.69 Å². The lowest BCUT2D eigenvalue weighted by atomic mass is 10.1. The number of anilines is 1. The van der Waals surface area contributed by atoms with Gasteiger partial charge in [-0.25, -0.2) is 18.6 Å². The molecule has 4 rings (SSSR count). The number of benzene rings is 2. The van der Waals surface area contributed by atoms with Crippen LogP contribution in [-0.2, 0) is 6.54 Å². The van der Waals surface area contributed by atoms with Gasteiger partial charge in [0.15, 0.2) is 12.7 Å². The van der Waals surface area contributed by atoms with Gasteiger partial charge in [0, 0.05) is 24.1 Å². The number of rotatable bonds is 4. The van der Waals surface area contributed by atoms with Crippen LogP contribution in [0.3, 0.4) is 0 Å². The monoisotopic (exact) mass is 464 g/mol. The molecule has 1 aliphatic heterocycles. The molecule has 0 bridgehead atoms. The first-order valence-corrected chi connectivity index (χ1v) is 11.3. The lowest BCUT2D eigenvalue weighted by Crippen LogP contribution is -2.68. The van der Waals surface area contributed by atoms with E-state index in [1.165, 1.54) is 15.6 Å². The number of aliphatic hydroxyl groups excluding tert-OH is 2. The number of pyridine rings is 1. The highest BCUT2D eigenvalue weighted by molar-refractivity contribution is 8.03. The second-order valence-electron chi connectivity index (χ2n) is 6.77. The maximum Gasteiger partial charge on any atom is 0.213 e. The molecule has 0 saturated heterocycles. The van der Waals surface area contributed by atoms with Crippen molar-refractivity contribution in [3.63, 3.8) is 0 Å². The Morgan fingerprint density at radius 2 is 1.71 bits per heavy atom. The van der Waals surface area contributed by atoms with Crippen molar-refractivity contribution in [1.82, 2.24) is 0 Å². The van der Waals surface area contributed by atoms with Gasteiger partial charge in [-0.3, -0.25) is 0 Å². The third kappa shape index (κ3) is 6.16. The second kappa shape index (κ2) is 9.94. The molecule has 0 amide bonds. The van der Waals surface area contributed by atoms with E-state index in [0.29, 0.717) is 6.54 Å². The summed E-state index contributed by atoms with van der Waals surface area (Å²) >= 11 is 1.77. The molecular formula is C21H21ClN2O6S. The summed E-state index contributed by atoms with van der Waals surface area (Å²) in [6.45, 7) is 0.126. The molecule has 2 heterocycles. The molecule has 2 N–H and O–H groups in total. The van der Waals surface area contributed by atoms with E-state index >= 15 is 0 Å². The van der Waals surface area contributed by atoms with E-state index < -0.39 is 16.3 Å². The highest BCUT2D eigenvalue weighted by Gasteiger charge is 2.22. The number of aromatic nitrogens is 1. The minimum absolute atomic E-state index is 0.243. The molecule has 1 unspecified atom stereocenters. The summed E-state index contributed by atoms with van der Waals surface area (Å²) in [6.07, 6.45) is 3.42. The third-order valence-electron chi connectivity index (χ3n) is 4.63. The van der Waals surface area contributed by atoms with Crippen LogP contribution < -0.4 is 28.1 Å². The number of para-hydroxylation sites is 2. The minimum atomic E-state index is -4.94. The number of hydrogen-bond donors (Lipinski definition) is 2. The van der Waals surface area contributed by atoms with Crippen LogP contribution in [-0.4, -0.2) is 30.0 Å². The smallest absolute Gasteiger partial charge is 0.213 e. The average molecular weight is 465 g/mol. The highest BCUT2D eigenvalue weighted by Crippen LogP contribution is 2.45. The Morgan fingerprint density at radius 1 is 1.06 bits per heavy atom. The molecule has 164 valence electrons. The maximum atomic E-state index is 9.81. The van der Waals surface area contributed by atoms with Gasteiger partial charge < -0.3 is 15.1 Å². The molecule has 1 atom stereocenters. The molecule has 0 saturated carbocycles. The normalized spacial score (nSPS) is 15.6. The van der Waals surface area contributed by atoms with Gasteiger partial charge in [-0.15, -0.1) is 10.2 Å². The zero-order chi connectivity index (χ0) is 22.6. The van der Waals surface area contributed by atoms with E-state index in [-0.39, 0.29) is 6.61 Å². The van der Waals surface area contributed by atoms with Gasteiger partial charge in [0.1, 0.15) is 6.10 Å². The molecule has 3 aromatic rings. The van der Waals surface area contributed by atoms with Crippen LogP contribution in [0.15, 0.2) is 70.7 Å². The van der Waals surface area contributed by atoms with Crippen LogP contribution >= 0.6 is 11.8 Å². The summed E-state index contributed by atoms with van der Waals surface area (Å²) < 4.78 is 36.0. The fourth-order valence-electron chi connectivity index (χ4n) is 3.26. The van der Waals surface area contributed by atoms with Crippen molar-refractivity contribution in [2.45, 2.75) is 17.5 Å². The molecule has 0 fully saturated rings. The number of thioether (sulfide) groups is 1. The SMILES string of the molecule is CN1C(=Cc2cc[n+](CC(O)CO)c3ccccc23)Sc2ccccc21.[O-][Cl+3]([O-])([O-])[O-]. The summed E-state index contributed by atoms with van der Waals surface area (Å²) in [5.74, 6) is 0. The van der Waals surface area contributed by atoms with Crippen LogP contribution in [0.25, 0.3) is 17.0 Å². The molecule has 0 aliphatic carbocycles. The number of halogens is 1. The van der Waals surface area contributed by atoms with Crippen LogP contribution in [0, 0.1) is 10.2 Å². The molecule has 0 radical (unpaired) electrons. The Hall–Kier alpha value is -2.21. The standard InChI is InChI=1S/C21H21N2O2S.ClHO4/c1-22-19-8-4-5-9-20(19)26-21(22)12-15-10-11-23(13-16(25)14-24)18-7-3-2-6-17(15)18;2-1(3,4)5/h2-12,16,24-25H,13-14H2,1H3;(H,2,3,4,5)/q+1;/p-1. The Labute approximate surface area is 185 Å². The molecule has 1 aliphatic rings. The van der Waals surface area contributed by atoms with E-state index in [4.69, 9.17) is 23.7 Å². The number of aliphatic hydroxyl groups is 2. The van der Waals surface area contributed by atoms with E-state index in [0.717, 1.165) is 16.5 Å². The zero-order valence-corrected chi connectivity index (χ0v) is 18.1. The average Bonchev–Trinajstić information content (AvgIpc) is 3.04. The van der Waals surface area contributed by atoms with Crippen LogP contribution in [0.1, 0.15) is 5.56 Å². The Morgan fingerprint density at radius 3 is 2.39 bits per heavy atom. The van der Waals surface area contributed by atoms with Gasteiger partial charge in [-0.05, 0) is 29.8 Å². The lowest BCUT2D eigenvalue weighted by Gasteiger charge is -2.17. The largest absolute Gasteiger partial charge is 0.393 e. The molecule has 0 spiro atoms. The first-order chi connectivity index (χ1) is 14.7. The second-order valence-corrected chi connectivity index (χ2v) is 8.58. The number of nitrogens with zero attached hydrogens (tertiary/aromatic N) is 2. The quantitative estimate of drug-likeness (QED) is 0.434. The number of hydrogen-bond acceptors (Lipinski definition) is 8. The van der Waals surface area contributed by atoms with Crippen molar-refractivity contribution >= 4 is 34.4 Å². The van der Waals surface area contributed by atoms with E-state index in [1.54, 1.807) is 11.8 Å². The topological polar surface area (TPSA) is 140 Å². The fourth-order valence-corrected chi connectivity index (χ4v) is 4.36. The third-order valence-corrected chi connectivity index (χ3v) is 5.79. The zero-order valence-electron chi connectivity index (χ0n) is 16.6. The van der Waals surface area contributed by atoms with E-state index in [9.17, 15) is 5.11 Å². The summed E-state index contributed by atoms with van der Waals surface area (Å²) in [5.41, 5.74) is 3.40. The number of fused-ring (bicyclic) bond motifs is 2. The first-order valence-electron chi connectivity index (χ1n) is 9.21. The van der Waals surface area contributed by atoms with Crippen LogP contribution in [0.2, 0.25) is 0 Å². The molecule has 2 aromatic carbocycles. The van der Waals surface area contributed by atoms with Gasteiger partial charge in [0.05, 0.1) is 22.7 Å². The van der Waals surface area contributed by atoms with Gasteiger partial charge in [-0.1, -0.05) is 36.0 Å². The van der Waals surface area contributed by atoms with Gasteiger partial charge in [0.25, 0.3) is 0 Å². The van der Waals surface area contributed by atoms with Crippen molar-refractivity contribution in [2.24, 2.45) is 0 Å². The minimum Gasteiger partial charge on any atom is -0.393 e. The van der Waals surface area contributed by atoms with Crippen molar-refractivity contribution in [1.29, 1.82) is 0 Å². The van der Waals surface area contributed by atoms with Gasteiger partial charge in [0.2, 0.25) is 5.52 Å². The molecule has 8 nitrogen and oxygen atoms in total. The summed E-state index contributed by atoms with van der Waals surface area (Å²) in [5, 5.41) is 21.3. The Bertz CT molecular complexity index is 1080. The summed E-state index contributed by atoms with van der Waals surface area (Å²) in [7, 11) is -2.85. The predicted octanol–water partition coefficient (Wildman–Crippen LogP) is -1.73. The van der Waals surface area contributed by atoms with Crippen LogP contribution in [0.5, 0.6) is 0 Å². The van der Waals surface area contributed by atoms with Crippen molar-refractivity contribution < 1.29 is 43.7 Å². The molecule has 1 aromatic heterocycles. The molecule has 31 heavy (non-hydrogen) atoms. The maximum absolute atomic E-state index is 9.81. The van der Waals surface area contributed by atoms with E-state index in [2.05, 4.69) is 54.4 Å². The van der Waals surface area contributed by atoms with Crippen molar-refractivity contribution in [3.8, 4) is 0 Å². The molecule has 10 heteroatoms. The van der Waals surface area contributed by atoms with E-state index in [1.807, 2.05) is 29.0 Å². The van der Waals surface area contributed by atoms with Crippen molar-refractivity contribution in [2.75, 3.05) is 18.6 Å².